The number of ether oxygens (including phenoxy) is 2. The average Bonchev–Trinajstić information content (AvgIpc) is 2.89. The lowest BCUT2D eigenvalue weighted by Crippen LogP contribution is -2.41. The van der Waals surface area contributed by atoms with Crippen LogP contribution in [0.2, 0.25) is 0 Å². The van der Waals surface area contributed by atoms with Crippen LogP contribution in [0.1, 0.15) is 12.0 Å². The number of nitrogens with one attached hydrogen (secondary N) is 1. The second-order valence-electron chi connectivity index (χ2n) is 6.37. The van der Waals surface area contributed by atoms with Gasteiger partial charge in [0.2, 0.25) is 11.8 Å². The van der Waals surface area contributed by atoms with E-state index in [0.29, 0.717) is 6.54 Å². The lowest BCUT2D eigenvalue weighted by Gasteiger charge is -2.21. The molecule has 1 aromatic carbocycles. The second-order valence-corrected chi connectivity index (χ2v) is 6.37. The van der Waals surface area contributed by atoms with Gasteiger partial charge in [-0.2, -0.15) is 0 Å². The Hall–Kier alpha value is -2.00. The van der Waals surface area contributed by atoms with Crippen LogP contribution < -0.4 is 5.32 Å². The molecule has 0 aliphatic carbocycles. The van der Waals surface area contributed by atoms with Crippen molar-refractivity contribution in [3.05, 3.63) is 35.9 Å². The van der Waals surface area contributed by atoms with E-state index in [4.69, 9.17) is 9.47 Å². The SMILES string of the molecule is COCC(=O)NC[C@H]1O[C@@H](CC(=O)N(C)Cc2ccccc2)[C@H](O)[C@@H]1O. The third-order valence-electron chi connectivity index (χ3n) is 4.30. The maximum atomic E-state index is 12.4. The predicted octanol–water partition coefficient (Wildman–Crippen LogP) is -0.713. The zero-order chi connectivity index (χ0) is 19.1. The highest BCUT2D eigenvalue weighted by Gasteiger charge is 2.43. The van der Waals surface area contributed by atoms with Crippen molar-refractivity contribution in [2.75, 3.05) is 27.3 Å². The molecule has 0 spiro atoms. The normalized spacial score (nSPS) is 25.1. The van der Waals surface area contributed by atoms with Gasteiger partial charge in [0.1, 0.15) is 24.9 Å². The molecule has 1 aliphatic rings. The van der Waals surface area contributed by atoms with Crippen LogP contribution in [0.4, 0.5) is 0 Å². The molecule has 1 heterocycles. The first kappa shape index (κ1) is 20.3. The number of carbonyl (C=O) groups is 2. The van der Waals surface area contributed by atoms with E-state index in [1.807, 2.05) is 30.3 Å². The molecule has 26 heavy (non-hydrogen) atoms. The standard InChI is InChI=1S/C18H26N2O6/c1-20(10-12-6-4-3-5-7-12)16(22)8-13-17(23)18(24)14(26-13)9-19-15(21)11-25-2/h3-7,13-14,17-18,23-24H,8-11H2,1-2H3,(H,19,21)/t13-,14+,17-,18+/m0/s1. The quantitative estimate of drug-likeness (QED) is 0.561. The molecular weight excluding hydrogens is 340 g/mol. The number of nitrogens with zero attached hydrogens (tertiary/aromatic N) is 1. The molecule has 0 radical (unpaired) electrons. The van der Waals surface area contributed by atoms with Gasteiger partial charge in [0.05, 0.1) is 12.5 Å². The predicted molar refractivity (Wildman–Crippen MR) is 93.1 cm³/mol. The van der Waals surface area contributed by atoms with E-state index in [9.17, 15) is 19.8 Å². The van der Waals surface area contributed by atoms with Crippen molar-refractivity contribution < 1.29 is 29.3 Å². The largest absolute Gasteiger partial charge is 0.388 e. The molecule has 4 atom stereocenters. The monoisotopic (exact) mass is 366 g/mol. The number of hydrogen-bond acceptors (Lipinski definition) is 6. The minimum absolute atomic E-state index is 0.0327. The van der Waals surface area contributed by atoms with Crippen molar-refractivity contribution in [3.8, 4) is 0 Å². The fraction of sp³-hybridized carbons (Fsp3) is 0.556. The lowest BCUT2D eigenvalue weighted by molar-refractivity contribution is -0.135. The van der Waals surface area contributed by atoms with Crippen LogP contribution in [0.15, 0.2) is 30.3 Å². The molecule has 2 amide bonds. The maximum Gasteiger partial charge on any atom is 0.246 e. The number of rotatable bonds is 8. The molecule has 0 unspecified atom stereocenters. The summed E-state index contributed by atoms with van der Waals surface area (Å²) in [4.78, 5) is 25.3. The molecular formula is C18H26N2O6. The van der Waals surface area contributed by atoms with Crippen molar-refractivity contribution >= 4 is 11.8 Å². The van der Waals surface area contributed by atoms with Gasteiger partial charge in [0, 0.05) is 27.2 Å². The summed E-state index contributed by atoms with van der Waals surface area (Å²) in [6.45, 7) is 0.379. The zero-order valence-electron chi connectivity index (χ0n) is 15.0. The van der Waals surface area contributed by atoms with E-state index in [0.717, 1.165) is 5.56 Å². The molecule has 1 aromatic rings. The Labute approximate surface area is 152 Å². The van der Waals surface area contributed by atoms with E-state index < -0.39 is 24.4 Å². The van der Waals surface area contributed by atoms with Crippen molar-refractivity contribution in [1.29, 1.82) is 0 Å². The van der Waals surface area contributed by atoms with Crippen LogP contribution in [-0.2, 0) is 25.6 Å². The molecule has 144 valence electrons. The van der Waals surface area contributed by atoms with Gasteiger partial charge in [-0.15, -0.1) is 0 Å². The highest BCUT2D eigenvalue weighted by molar-refractivity contribution is 5.77. The number of benzene rings is 1. The first-order chi connectivity index (χ1) is 12.4. The van der Waals surface area contributed by atoms with Gasteiger partial charge >= 0.3 is 0 Å². The maximum absolute atomic E-state index is 12.4. The van der Waals surface area contributed by atoms with Crippen LogP contribution in [-0.4, -0.2) is 78.7 Å². The third kappa shape index (κ3) is 5.50. The Morgan fingerprint density at radius 2 is 1.85 bits per heavy atom. The van der Waals surface area contributed by atoms with Crippen LogP contribution in [0.5, 0.6) is 0 Å². The van der Waals surface area contributed by atoms with Gasteiger partial charge in [0.25, 0.3) is 0 Å². The summed E-state index contributed by atoms with van der Waals surface area (Å²) in [6.07, 6.45) is -4.00. The van der Waals surface area contributed by atoms with Crippen molar-refractivity contribution in [3.63, 3.8) is 0 Å². The average molecular weight is 366 g/mol. The minimum atomic E-state index is -1.19. The van der Waals surface area contributed by atoms with Gasteiger partial charge < -0.3 is 29.9 Å². The molecule has 0 saturated carbocycles. The van der Waals surface area contributed by atoms with Gasteiger partial charge in [-0.25, -0.2) is 0 Å². The summed E-state index contributed by atoms with van der Waals surface area (Å²) in [5.41, 5.74) is 0.995. The zero-order valence-corrected chi connectivity index (χ0v) is 15.0. The summed E-state index contributed by atoms with van der Waals surface area (Å²) in [5.74, 6) is -0.547. The molecule has 8 nitrogen and oxygen atoms in total. The molecule has 0 aromatic heterocycles. The van der Waals surface area contributed by atoms with Crippen LogP contribution >= 0.6 is 0 Å². The van der Waals surface area contributed by atoms with Gasteiger partial charge in [-0.3, -0.25) is 9.59 Å². The molecule has 1 saturated heterocycles. The molecule has 1 aliphatic heterocycles. The summed E-state index contributed by atoms with van der Waals surface area (Å²) in [7, 11) is 3.08. The van der Waals surface area contributed by atoms with Crippen LogP contribution in [0, 0.1) is 0 Å². The van der Waals surface area contributed by atoms with E-state index in [1.165, 1.54) is 7.11 Å². The molecule has 2 rings (SSSR count). The Morgan fingerprint density at radius 1 is 1.19 bits per heavy atom. The molecule has 0 bridgehead atoms. The first-order valence-electron chi connectivity index (χ1n) is 8.47. The topological polar surface area (TPSA) is 108 Å². The van der Waals surface area contributed by atoms with Gasteiger partial charge in [-0.05, 0) is 5.56 Å². The van der Waals surface area contributed by atoms with Crippen LogP contribution in [0.25, 0.3) is 0 Å². The summed E-state index contributed by atoms with van der Waals surface area (Å²) in [6, 6.07) is 9.55. The number of carbonyl (C=O) groups excluding carboxylic acids is 2. The van der Waals surface area contributed by atoms with Crippen LogP contribution in [0.3, 0.4) is 0 Å². The first-order valence-corrected chi connectivity index (χ1v) is 8.47. The van der Waals surface area contributed by atoms with E-state index in [2.05, 4.69) is 5.32 Å². The fourth-order valence-corrected chi connectivity index (χ4v) is 2.83. The summed E-state index contributed by atoms with van der Waals surface area (Å²) in [5, 5.41) is 22.8. The summed E-state index contributed by atoms with van der Waals surface area (Å²) >= 11 is 0. The molecule has 8 heteroatoms. The third-order valence-corrected chi connectivity index (χ3v) is 4.30. The van der Waals surface area contributed by atoms with E-state index >= 15 is 0 Å². The number of hydrogen-bond donors (Lipinski definition) is 3. The Morgan fingerprint density at radius 3 is 2.50 bits per heavy atom. The Bertz CT molecular complexity index is 597. The Kier molecular flexibility index (Phi) is 7.52. The van der Waals surface area contributed by atoms with E-state index in [1.54, 1.807) is 11.9 Å². The fourth-order valence-electron chi connectivity index (χ4n) is 2.83. The molecule has 1 fully saturated rings. The second kappa shape index (κ2) is 9.63. The number of aliphatic hydroxyl groups excluding tert-OH is 2. The number of aliphatic hydroxyl groups is 2. The van der Waals surface area contributed by atoms with Crippen molar-refractivity contribution in [2.24, 2.45) is 0 Å². The number of amides is 2. The Balaban J connectivity index is 1.84. The smallest absolute Gasteiger partial charge is 0.246 e. The minimum Gasteiger partial charge on any atom is -0.388 e. The van der Waals surface area contributed by atoms with Crippen molar-refractivity contribution in [1.82, 2.24) is 10.2 Å². The summed E-state index contributed by atoms with van der Waals surface area (Å²) < 4.78 is 10.3. The molecule has 3 N–H and O–H groups in total. The lowest BCUT2D eigenvalue weighted by atomic mass is 10.0. The van der Waals surface area contributed by atoms with Crippen molar-refractivity contribution in [2.45, 2.75) is 37.4 Å². The van der Waals surface area contributed by atoms with Gasteiger partial charge in [0.15, 0.2) is 0 Å². The number of methoxy groups -OCH3 is 1. The van der Waals surface area contributed by atoms with Gasteiger partial charge in [-0.1, -0.05) is 30.3 Å². The highest BCUT2D eigenvalue weighted by Crippen LogP contribution is 2.24. The van der Waals surface area contributed by atoms with E-state index in [-0.39, 0.29) is 31.4 Å². The highest BCUT2D eigenvalue weighted by atomic mass is 16.5.